The minimum atomic E-state index is -0.301. The predicted octanol–water partition coefficient (Wildman–Crippen LogP) is 4.24. The Kier molecular flexibility index (Phi) is 6.42. The summed E-state index contributed by atoms with van der Waals surface area (Å²) >= 11 is 0. The molecule has 3 rings (SSSR count). The lowest BCUT2D eigenvalue weighted by atomic mass is 9.95. The van der Waals surface area contributed by atoms with E-state index in [2.05, 4.69) is 26.0 Å². The number of carbonyl (C=O) groups excluding carboxylic acids is 1. The Hall–Kier alpha value is -2.17. The van der Waals surface area contributed by atoms with Gasteiger partial charge in [-0.05, 0) is 24.1 Å². The molecule has 1 fully saturated rings. The minimum absolute atomic E-state index is 0.0226. The van der Waals surface area contributed by atoms with Gasteiger partial charge in [0.2, 0.25) is 0 Å². The van der Waals surface area contributed by atoms with Crippen LogP contribution in [0.15, 0.2) is 60.7 Å². The van der Waals surface area contributed by atoms with Crippen LogP contribution in [0.3, 0.4) is 0 Å². The van der Waals surface area contributed by atoms with Gasteiger partial charge in [0, 0.05) is 5.92 Å². The van der Waals surface area contributed by atoms with E-state index in [4.69, 9.17) is 14.2 Å². The van der Waals surface area contributed by atoms with Crippen LogP contribution in [0.5, 0.6) is 0 Å². The summed E-state index contributed by atoms with van der Waals surface area (Å²) in [6.45, 7) is 5.13. The minimum Gasteiger partial charge on any atom is -0.456 e. The van der Waals surface area contributed by atoms with Crippen molar-refractivity contribution < 1.29 is 19.0 Å². The maximum Gasteiger partial charge on any atom is 0.338 e. The molecule has 0 aliphatic carbocycles. The number of hydrogen-bond acceptors (Lipinski definition) is 4. The second-order valence-electron chi connectivity index (χ2n) is 6.71. The average Bonchev–Trinajstić information content (AvgIpc) is 3.04. The summed E-state index contributed by atoms with van der Waals surface area (Å²) in [6, 6.07) is 19.2. The molecular formula is C22H26O4. The van der Waals surface area contributed by atoms with E-state index in [-0.39, 0.29) is 30.2 Å². The lowest BCUT2D eigenvalue weighted by Crippen LogP contribution is -2.35. The summed E-state index contributed by atoms with van der Waals surface area (Å²) in [4.78, 5) is 12.3. The van der Waals surface area contributed by atoms with Crippen LogP contribution in [-0.4, -0.2) is 30.9 Å². The lowest BCUT2D eigenvalue weighted by Gasteiger charge is -2.26. The first kappa shape index (κ1) is 18.6. The van der Waals surface area contributed by atoms with Crippen LogP contribution >= 0.6 is 0 Å². The Labute approximate surface area is 155 Å². The molecule has 4 nitrogen and oxygen atoms in total. The second-order valence-corrected chi connectivity index (χ2v) is 6.71. The topological polar surface area (TPSA) is 44.8 Å². The SMILES string of the molecule is CC[C@@H](OCc1ccccc1)[C@H]1OC[C@H](OC(=O)c2ccccc2)[C@H]1C. The molecule has 1 aliphatic rings. The van der Waals surface area contributed by atoms with Crippen LogP contribution in [0.2, 0.25) is 0 Å². The van der Waals surface area contributed by atoms with E-state index in [0.29, 0.717) is 18.8 Å². The Balaban J connectivity index is 1.56. The molecule has 0 saturated carbocycles. The van der Waals surface area contributed by atoms with Gasteiger partial charge >= 0.3 is 5.97 Å². The Morgan fingerprint density at radius 3 is 2.42 bits per heavy atom. The van der Waals surface area contributed by atoms with Crippen molar-refractivity contribution in [3.05, 3.63) is 71.8 Å². The van der Waals surface area contributed by atoms with E-state index < -0.39 is 0 Å². The molecule has 0 spiro atoms. The molecule has 0 unspecified atom stereocenters. The third kappa shape index (κ3) is 4.51. The molecular weight excluding hydrogens is 328 g/mol. The summed E-state index contributed by atoms with van der Waals surface area (Å²) in [5.41, 5.74) is 1.71. The van der Waals surface area contributed by atoms with E-state index in [1.165, 1.54) is 0 Å². The molecule has 0 bridgehead atoms. The van der Waals surface area contributed by atoms with Gasteiger partial charge in [-0.1, -0.05) is 62.4 Å². The molecule has 1 aliphatic heterocycles. The first-order valence-electron chi connectivity index (χ1n) is 9.22. The van der Waals surface area contributed by atoms with Crippen molar-refractivity contribution in [2.75, 3.05) is 6.61 Å². The first-order valence-corrected chi connectivity index (χ1v) is 9.22. The molecule has 138 valence electrons. The third-order valence-electron chi connectivity index (χ3n) is 4.90. The highest BCUT2D eigenvalue weighted by molar-refractivity contribution is 5.89. The highest BCUT2D eigenvalue weighted by atomic mass is 16.6. The fourth-order valence-corrected chi connectivity index (χ4v) is 3.31. The van der Waals surface area contributed by atoms with Gasteiger partial charge in [0.15, 0.2) is 0 Å². The third-order valence-corrected chi connectivity index (χ3v) is 4.90. The normalized spacial score (nSPS) is 23.5. The zero-order valence-electron chi connectivity index (χ0n) is 15.3. The van der Waals surface area contributed by atoms with Gasteiger partial charge in [0.25, 0.3) is 0 Å². The summed E-state index contributed by atoms with van der Waals surface area (Å²) in [5.74, 6) is -0.215. The zero-order valence-corrected chi connectivity index (χ0v) is 15.3. The van der Waals surface area contributed by atoms with Gasteiger partial charge in [-0.15, -0.1) is 0 Å². The molecule has 1 heterocycles. The highest BCUT2D eigenvalue weighted by Crippen LogP contribution is 2.29. The number of carbonyl (C=O) groups is 1. The molecule has 1 saturated heterocycles. The zero-order chi connectivity index (χ0) is 18.4. The standard InChI is InChI=1S/C22H26O4/c1-3-19(24-14-17-10-6-4-7-11-17)21-16(2)20(15-25-21)26-22(23)18-12-8-5-9-13-18/h4-13,16,19-21H,3,14-15H2,1-2H3/t16-,19-,20+,21+/m1/s1. The summed E-state index contributed by atoms with van der Waals surface area (Å²) in [6.07, 6.45) is 0.506. The van der Waals surface area contributed by atoms with Gasteiger partial charge in [0.1, 0.15) is 6.10 Å². The maximum absolute atomic E-state index is 12.3. The fourth-order valence-electron chi connectivity index (χ4n) is 3.31. The summed E-state index contributed by atoms with van der Waals surface area (Å²) in [7, 11) is 0. The molecule has 0 N–H and O–H groups in total. The van der Waals surface area contributed by atoms with Crippen LogP contribution in [-0.2, 0) is 20.8 Å². The van der Waals surface area contributed by atoms with Crippen LogP contribution in [0, 0.1) is 5.92 Å². The van der Waals surface area contributed by atoms with Crippen molar-refractivity contribution in [3.63, 3.8) is 0 Å². The molecule has 0 aromatic heterocycles. The van der Waals surface area contributed by atoms with E-state index >= 15 is 0 Å². The van der Waals surface area contributed by atoms with Crippen molar-refractivity contribution in [2.24, 2.45) is 5.92 Å². The maximum atomic E-state index is 12.3. The van der Waals surface area contributed by atoms with Gasteiger partial charge < -0.3 is 14.2 Å². The lowest BCUT2D eigenvalue weighted by molar-refractivity contribution is -0.0683. The fraction of sp³-hybridized carbons (Fsp3) is 0.409. The number of ether oxygens (including phenoxy) is 3. The largest absolute Gasteiger partial charge is 0.456 e. The van der Waals surface area contributed by atoms with Crippen LogP contribution in [0.4, 0.5) is 0 Å². The van der Waals surface area contributed by atoms with Crippen molar-refractivity contribution in [1.29, 1.82) is 0 Å². The van der Waals surface area contributed by atoms with Crippen LogP contribution < -0.4 is 0 Å². The molecule has 2 aromatic rings. The smallest absolute Gasteiger partial charge is 0.338 e. The first-order chi connectivity index (χ1) is 12.7. The molecule has 4 heteroatoms. The highest BCUT2D eigenvalue weighted by Gasteiger charge is 2.41. The van der Waals surface area contributed by atoms with Crippen molar-refractivity contribution >= 4 is 5.97 Å². The average molecular weight is 354 g/mol. The molecule has 26 heavy (non-hydrogen) atoms. The van der Waals surface area contributed by atoms with Crippen molar-refractivity contribution in [2.45, 2.75) is 45.2 Å². The summed E-state index contributed by atoms with van der Waals surface area (Å²) in [5, 5.41) is 0. The van der Waals surface area contributed by atoms with Gasteiger partial charge in [0.05, 0.1) is 31.0 Å². The van der Waals surface area contributed by atoms with E-state index in [1.54, 1.807) is 12.1 Å². The van der Waals surface area contributed by atoms with Crippen molar-refractivity contribution in [1.82, 2.24) is 0 Å². The Bertz CT molecular complexity index is 686. The number of hydrogen-bond donors (Lipinski definition) is 0. The quantitative estimate of drug-likeness (QED) is 0.698. The number of rotatable bonds is 7. The second kappa shape index (κ2) is 8.97. The van der Waals surface area contributed by atoms with Gasteiger partial charge in [-0.3, -0.25) is 0 Å². The number of esters is 1. The molecule has 0 radical (unpaired) electrons. The monoisotopic (exact) mass is 354 g/mol. The molecule has 0 amide bonds. The molecule has 4 atom stereocenters. The van der Waals surface area contributed by atoms with Gasteiger partial charge in [-0.2, -0.15) is 0 Å². The number of benzene rings is 2. The Morgan fingerprint density at radius 1 is 1.12 bits per heavy atom. The van der Waals surface area contributed by atoms with Crippen molar-refractivity contribution in [3.8, 4) is 0 Å². The predicted molar refractivity (Wildman–Crippen MR) is 99.9 cm³/mol. The van der Waals surface area contributed by atoms with E-state index in [9.17, 15) is 4.79 Å². The van der Waals surface area contributed by atoms with E-state index in [1.807, 2.05) is 36.4 Å². The Morgan fingerprint density at radius 2 is 1.77 bits per heavy atom. The van der Waals surface area contributed by atoms with Crippen LogP contribution in [0.25, 0.3) is 0 Å². The van der Waals surface area contributed by atoms with E-state index in [0.717, 1.165) is 12.0 Å². The van der Waals surface area contributed by atoms with Crippen LogP contribution in [0.1, 0.15) is 36.2 Å². The molecule has 2 aromatic carbocycles. The summed E-state index contributed by atoms with van der Waals surface area (Å²) < 4.78 is 17.7. The van der Waals surface area contributed by atoms with Gasteiger partial charge in [-0.25, -0.2) is 4.79 Å².